The van der Waals surface area contributed by atoms with Gasteiger partial charge < -0.3 is 0 Å². The number of benzene rings is 1. The first kappa shape index (κ1) is 14.0. The topological polar surface area (TPSA) is 82.8 Å². The van der Waals surface area contributed by atoms with Gasteiger partial charge in [-0.2, -0.15) is 5.26 Å². The van der Waals surface area contributed by atoms with E-state index >= 15 is 0 Å². The quantitative estimate of drug-likeness (QED) is 0.939. The minimum Gasteiger partial charge on any atom is -0.277 e. The summed E-state index contributed by atoms with van der Waals surface area (Å²) in [5.41, 5.74) is 0.589. The Labute approximate surface area is 115 Å². The van der Waals surface area contributed by atoms with E-state index in [0.29, 0.717) is 11.1 Å². The van der Waals surface area contributed by atoms with Gasteiger partial charge in [0.15, 0.2) is 5.82 Å². The number of anilines is 1. The summed E-state index contributed by atoms with van der Waals surface area (Å²) < 4.78 is 40.0. The van der Waals surface area contributed by atoms with Crippen LogP contribution < -0.4 is 4.72 Å². The van der Waals surface area contributed by atoms with Crippen LogP contribution in [0.15, 0.2) is 41.6 Å². The molecule has 20 heavy (non-hydrogen) atoms. The number of aromatic nitrogens is 1. The normalized spacial score (nSPS) is 10.8. The molecule has 1 heterocycles. The van der Waals surface area contributed by atoms with E-state index in [1.807, 2.05) is 6.07 Å². The van der Waals surface area contributed by atoms with Crippen molar-refractivity contribution in [3.8, 4) is 6.07 Å². The molecule has 0 amide bonds. The zero-order chi connectivity index (χ0) is 14.8. The van der Waals surface area contributed by atoms with Gasteiger partial charge in [-0.05, 0) is 36.8 Å². The van der Waals surface area contributed by atoms with Gasteiger partial charge >= 0.3 is 0 Å². The first-order valence-electron chi connectivity index (χ1n) is 5.57. The molecule has 2 rings (SSSR count). The molecule has 1 aromatic carbocycles. The van der Waals surface area contributed by atoms with E-state index < -0.39 is 15.8 Å². The van der Waals surface area contributed by atoms with E-state index in [4.69, 9.17) is 5.26 Å². The average Bonchev–Trinajstić information content (AvgIpc) is 2.40. The average molecular weight is 291 g/mol. The van der Waals surface area contributed by atoms with Crippen molar-refractivity contribution in [2.75, 3.05) is 4.72 Å². The second-order valence-corrected chi connectivity index (χ2v) is 5.70. The van der Waals surface area contributed by atoms with E-state index in [-0.39, 0.29) is 10.6 Å². The Morgan fingerprint density at radius 3 is 2.70 bits per heavy atom. The number of rotatable bonds is 3. The lowest BCUT2D eigenvalue weighted by Gasteiger charge is -2.10. The fourth-order valence-corrected chi connectivity index (χ4v) is 2.97. The molecule has 5 nitrogen and oxygen atoms in total. The van der Waals surface area contributed by atoms with Gasteiger partial charge in [0, 0.05) is 6.20 Å². The lowest BCUT2D eigenvalue weighted by atomic mass is 10.2. The van der Waals surface area contributed by atoms with E-state index in [1.54, 1.807) is 6.92 Å². The molecule has 0 saturated carbocycles. The standard InChI is InChI=1S/C13H10FN3O2S/c1-9-6-10(7-15)2-3-13(9)20(18,19)17-12-4-5-16-8-11(12)14/h2-6,8H,1H3,(H,16,17). The molecule has 1 aromatic heterocycles. The highest BCUT2D eigenvalue weighted by molar-refractivity contribution is 7.92. The largest absolute Gasteiger partial charge is 0.277 e. The van der Waals surface area contributed by atoms with Crippen LogP contribution in [0, 0.1) is 24.1 Å². The van der Waals surface area contributed by atoms with Crippen LogP contribution >= 0.6 is 0 Å². The Kier molecular flexibility index (Phi) is 3.68. The highest BCUT2D eigenvalue weighted by Crippen LogP contribution is 2.21. The van der Waals surface area contributed by atoms with Crippen molar-refractivity contribution >= 4 is 15.7 Å². The number of aryl methyl sites for hydroxylation is 1. The highest BCUT2D eigenvalue weighted by atomic mass is 32.2. The Morgan fingerprint density at radius 2 is 2.10 bits per heavy atom. The van der Waals surface area contributed by atoms with Gasteiger partial charge in [-0.1, -0.05) is 0 Å². The number of nitrogens with one attached hydrogen (secondary N) is 1. The molecule has 0 aliphatic rings. The molecule has 0 spiro atoms. The first-order valence-corrected chi connectivity index (χ1v) is 7.05. The van der Waals surface area contributed by atoms with Gasteiger partial charge in [-0.3, -0.25) is 9.71 Å². The summed E-state index contributed by atoms with van der Waals surface area (Å²) in [6.45, 7) is 1.57. The maximum atomic E-state index is 13.4. The molecular formula is C13H10FN3O2S. The van der Waals surface area contributed by atoms with Crippen LogP contribution in [-0.2, 0) is 10.0 Å². The van der Waals surface area contributed by atoms with Crippen molar-refractivity contribution in [1.82, 2.24) is 4.98 Å². The van der Waals surface area contributed by atoms with E-state index in [2.05, 4.69) is 9.71 Å². The summed E-state index contributed by atoms with van der Waals surface area (Å²) >= 11 is 0. The number of pyridine rings is 1. The molecule has 102 valence electrons. The maximum Gasteiger partial charge on any atom is 0.262 e. The maximum absolute atomic E-state index is 13.4. The second-order valence-electron chi connectivity index (χ2n) is 4.05. The first-order chi connectivity index (χ1) is 9.44. The summed E-state index contributed by atoms with van der Waals surface area (Å²) in [6.07, 6.45) is 2.20. The third-order valence-electron chi connectivity index (χ3n) is 2.61. The fraction of sp³-hybridized carbons (Fsp3) is 0.0769. The molecule has 0 bridgehead atoms. The van der Waals surface area contributed by atoms with Crippen molar-refractivity contribution in [2.24, 2.45) is 0 Å². The van der Waals surface area contributed by atoms with E-state index in [1.165, 1.54) is 30.5 Å². The number of nitriles is 1. The predicted molar refractivity (Wildman–Crippen MR) is 70.9 cm³/mol. The van der Waals surface area contributed by atoms with Crippen molar-refractivity contribution in [2.45, 2.75) is 11.8 Å². The van der Waals surface area contributed by atoms with Crippen LogP contribution in [0.3, 0.4) is 0 Å². The molecule has 0 atom stereocenters. The van der Waals surface area contributed by atoms with Crippen molar-refractivity contribution < 1.29 is 12.8 Å². The molecule has 2 aromatic rings. The molecule has 1 N–H and O–H groups in total. The summed E-state index contributed by atoms with van der Waals surface area (Å²) in [5, 5.41) is 8.76. The SMILES string of the molecule is Cc1cc(C#N)ccc1S(=O)(=O)Nc1ccncc1F. The van der Waals surface area contributed by atoms with Crippen molar-refractivity contribution in [3.63, 3.8) is 0 Å². The van der Waals surface area contributed by atoms with Gasteiger partial charge in [0.2, 0.25) is 0 Å². The molecule has 7 heteroatoms. The van der Waals surface area contributed by atoms with Gasteiger partial charge in [-0.15, -0.1) is 0 Å². The molecule has 0 fully saturated rings. The van der Waals surface area contributed by atoms with E-state index in [9.17, 15) is 12.8 Å². The minimum absolute atomic E-state index is 0.00675. The lowest BCUT2D eigenvalue weighted by molar-refractivity contribution is 0.597. The lowest BCUT2D eigenvalue weighted by Crippen LogP contribution is -2.15. The third-order valence-corrected chi connectivity index (χ3v) is 4.14. The summed E-state index contributed by atoms with van der Waals surface area (Å²) in [6, 6.07) is 7.31. The molecular weight excluding hydrogens is 281 g/mol. The smallest absolute Gasteiger partial charge is 0.262 e. The Morgan fingerprint density at radius 1 is 1.35 bits per heavy atom. The molecule has 0 saturated heterocycles. The Bertz CT molecular complexity index is 798. The van der Waals surface area contributed by atoms with Gasteiger partial charge in [0.25, 0.3) is 10.0 Å². The number of halogens is 1. The van der Waals surface area contributed by atoms with Crippen LogP contribution in [0.25, 0.3) is 0 Å². The number of nitrogens with zero attached hydrogens (tertiary/aromatic N) is 2. The molecule has 0 aliphatic heterocycles. The van der Waals surface area contributed by atoms with Crippen molar-refractivity contribution in [3.05, 3.63) is 53.6 Å². The number of sulfonamides is 1. The Balaban J connectivity index is 2.42. The third kappa shape index (κ3) is 2.75. The zero-order valence-electron chi connectivity index (χ0n) is 10.5. The number of hydrogen-bond acceptors (Lipinski definition) is 4. The van der Waals surface area contributed by atoms with Crippen LogP contribution in [0.2, 0.25) is 0 Å². The summed E-state index contributed by atoms with van der Waals surface area (Å²) in [4.78, 5) is 3.54. The molecule has 0 radical (unpaired) electrons. The van der Waals surface area contributed by atoms with Crippen LogP contribution in [0.1, 0.15) is 11.1 Å². The molecule has 0 aliphatic carbocycles. The number of hydrogen-bond donors (Lipinski definition) is 1. The fourth-order valence-electron chi connectivity index (χ4n) is 1.68. The van der Waals surface area contributed by atoms with Crippen LogP contribution in [0.4, 0.5) is 10.1 Å². The van der Waals surface area contributed by atoms with Gasteiger partial charge in [0.1, 0.15) is 0 Å². The molecule has 0 unspecified atom stereocenters. The van der Waals surface area contributed by atoms with Gasteiger partial charge in [0.05, 0.1) is 28.4 Å². The minimum atomic E-state index is -3.92. The summed E-state index contributed by atoms with van der Waals surface area (Å²) in [5.74, 6) is -0.762. The van der Waals surface area contributed by atoms with Crippen LogP contribution in [0.5, 0.6) is 0 Å². The van der Waals surface area contributed by atoms with Crippen molar-refractivity contribution in [1.29, 1.82) is 5.26 Å². The Hall–Kier alpha value is -2.46. The monoisotopic (exact) mass is 291 g/mol. The predicted octanol–water partition coefficient (Wildman–Crippen LogP) is 2.20. The highest BCUT2D eigenvalue weighted by Gasteiger charge is 2.18. The van der Waals surface area contributed by atoms with E-state index in [0.717, 1.165) is 6.20 Å². The van der Waals surface area contributed by atoms with Gasteiger partial charge in [-0.25, -0.2) is 12.8 Å². The summed E-state index contributed by atoms with van der Waals surface area (Å²) in [7, 11) is -3.92. The van der Waals surface area contributed by atoms with Crippen LogP contribution in [-0.4, -0.2) is 13.4 Å². The zero-order valence-corrected chi connectivity index (χ0v) is 11.3. The second kappa shape index (κ2) is 5.27.